The van der Waals surface area contributed by atoms with Gasteiger partial charge in [0.1, 0.15) is 5.82 Å². The second kappa shape index (κ2) is 8.17. The summed E-state index contributed by atoms with van der Waals surface area (Å²) in [5.74, 6) is -0.697. The lowest BCUT2D eigenvalue weighted by molar-refractivity contribution is 0.100. The zero-order chi connectivity index (χ0) is 23.3. The highest BCUT2D eigenvalue weighted by Crippen LogP contribution is 2.43. The smallest absolute Gasteiger partial charge is 0.250 e. The van der Waals surface area contributed by atoms with Gasteiger partial charge in [0, 0.05) is 34.9 Å². The van der Waals surface area contributed by atoms with Crippen molar-refractivity contribution in [2.45, 2.75) is 71.1 Å². The van der Waals surface area contributed by atoms with Gasteiger partial charge in [0.15, 0.2) is 0 Å². The Morgan fingerprint density at radius 1 is 1.15 bits per heavy atom. The predicted octanol–water partition coefficient (Wildman–Crippen LogP) is 5.23. The molecule has 6 heteroatoms. The van der Waals surface area contributed by atoms with Crippen LogP contribution in [0.3, 0.4) is 0 Å². The number of fused-ring (bicyclic) bond motifs is 3. The molecule has 0 spiro atoms. The molecule has 33 heavy (non-hydrogen) atoms. The van der Waals surface area contributed by atoms with Crippen LogP contribution in [0.1, 0.15) is 62.0 Å². The molecule has 0 unspecified atom stereocenters. The van der Waals surface area contributed by atoms with Crippen molar-refractivity contribution < 1.29 is 14.3 Å². The van der Waals surface area contributed by atoms with Crippen LogP contribution in [-0.2, 0) is 13.0 Å². The summed E-state index contributed by atoms with van der Waals surface area (Å²) in [7, 11) is 0. The maximum atomic E-state index is 14.2. The highest BCUT2D eigenvalue weighted by molar-refractivity contribution is 6.02. The van der Waals surface area contributed by atoms with Gasteiger partial charge in [0.25, 0.3) is 5.91 Å². The number of aliphatic hydroxyl groups is 1. The molecule has 0 atom stereocenters. The molecule has 4 N–H and O–H groups in total. The Hall–Kier alpha value is -2.86. The Labute approximate surface area is 193 Å². The Morgan fingerprint density at radius 2 is 1.91 bits per heavy atom. The van der Waals surface area contributed by atoms with E-state index in [9.17, 15) is 14.3 Å². The van der Waals surface area contributed by atoms with Gasteiger partial charge in [-0.05, 0) is 79.8 Å². The van der Waals surface area contributed by atoms with Crippen molar-refractivity contribution in [3.63, 3.8) is 0 Å². The number of aryl methyl sites for hydroxylation is 1. The number of amides is 1. The second-order valence-electron chi connectivity index (χ2n) is 10.5. The van der Waals surface area contributed by atoms with Gasteiger partial charge < -0.3 is 20.7 Å². The van der Waals surface area contributed by atoms with Crippen LogP contribution in [0, 0.1) is 11.2 Å². The monoisotopic (exact) mass is 449 g/mol. The molecule has 1 aliphatic carbocycles. The van der Waals surface area contributed by atoms with Crippen LogP contribution in [0.25, 0.3) is 22.0 Å². The van der Waals surface area contributed by atoms with E-state index in [4.69, 9.17) is 5.73 Å². The number of aliphatic hydroxyl groups excluding tert-OH is 1. The van der Waals surface area contributed by atoms with Gasteiger partial charge in [-0.15, -0.1) is 0 Å². The molecule has 2 aromatic carbocycles. The summed E-state index contributed by atoms with van der Waals surface area (Å²) >= 11 is 0. The molecule has 1 amide bonds. The van der Waals surface area contributed by atoms with Crippen LogP contribution in [0.5, 0.6) is 0 Å². The first kappa shape index (κ1) is 22.0. The summed E-state index contributed by atoms with van der Waals surface area (Å²) < 4.78 is 16.4. The van der Waals surface area contributed by atoms with Crippen molar-refractivity contribution in [2.24, 2.45) is 11.1 Å². The van der Waals surface area contributed by atoms with E-state index in [-0.39, 0.29) is 23.4 Å². The lowest BCUT2D eigenvalue weighted by atomic mass is 9.80. The Bertz CT molecular complexity index is 1220. The Kier molecular flexibility index (Phi) is 5.44. The molecule has 1 aromatic heterocycles. The van der Waals surface area contributed by atoms with Crippen LogP contribution < -0.4 is 11.1 Å². The number of carbonyl (C=O) groups is 1. The standard InChI is InChI=1S/C27H32FN3O2/c1-27(2)11-12-31-23-14-17(28)4-10-21(23)25(24(31)15-27)16-3-9-20(26(29)33)22(13-16)30-18-5-7-19(32)8-6-18/h3-4,9-10,13-14,18-19,30,32H,5-8,11-12,15H2,1-2H3,(H2,29,33)/t18-,19-. The molecule has 174 valence electrons. The predicted molar refractivity (Wildman–Crippen MR) is 130 cm³/mol. The van der Waals surface area contributed by atoms with Gasteiger partial charge in [-0.2, -0.15) is 0 Å². The van der Waals surface area contributed by atoms with E-state index >= 15 is 0 Å². The fourth-order valence-electron chi connectivity index (χ4n) is 5.57. The minimum absolute atomic E-state index is 0.162. The number of hydrogen-bond donors (Lipinski definition) is 3. The van der Waals surface area contributed by atoms with Crippen molar-refractivity contribution in [2.75, 3.05) is 5.32 Å². The van der Waals surface area contributed by atoms with Crippen LogP contribution in [-0.4, -0.2) is 27.7 Å². The number of halogens is 1. The first-order valence-electron chi connectivity index (χ1n) is 11.9. The van der Waals surface area contributed by atoms with E-state index in [0.717, 1.165) is 72.8 Å². The summed E-state index contributed by atoms with van der Waals surface area (Å²) in [6, 6.07) is 11.0. The maximum Gasteiger partial charge on any atom is 0.250 e. The number of nitrogens with two attached hydrogens (primary N) is 1. The van der Waals surface area contributed by atoms with E-state index in [1.807, 2.05) is 18.2 Å². The molecule has 3 aromatic rings. The number of anilines is 1. The number of aromatic nitrogens is 1. The minimum Gasteiger partial charge on any atom is -0.393 e. The average molecular weight is 450 g/mol. The molecule has 0 bridgehead atoms. The number of primary amides is 1. The zero-order valence-corrected chi connectivity index (χ0v) is 19.3. The van der Waals surface area contributed by atoms with E-state index < -0.39 is 5.91 Å². The molecule has 1 fully saturated rings. The van der Waals surface area contributed by atoms with Gasteiger partial charge in [-0.25, -0.2) is 4.39 Å². The highest BCUT2D eigenvalue weighted by Gasteiger charge is 2.31. The van der Waals surface area contributed by atoms with Crippen LogP contribution in [0.2, 0.25) is 0 Å². The zero-order valence-electron chi connectivity index (χ0n) is 19.3. The molecule has 1 saturated carbocycles. The van der Waals surface area contributed by atoms with Crippen molar-refractivity contribution in [1.29, 1.82) is 0 Å². The molecular formula is C27H32FN3O2. The molecule has 1 aliphatic heterocycles. The van der Waals surface area contributed by atoms with E-state index in [1.165, 1.54) is 11.8 Å². The Balaban J connectivity index is 1.63. The average Bonchev–Trinajstić information content (AvgIpc) is 3.06. The molecule has 0 radical (unpaired) electrons. The lowest BCUT2D eigenvalue weighted by Gasteiger charge is -2.32. The summed E-state index contributed by atoms with van der Waals surface area (Å²) in [6.45, 7) is 5.41. The summed E-state index contributed by atoms with van der Waals surface area (Å²) in [5.41, 5.74) is 11.3. The summed E-state index contributed by atoms with van der Waals surface area (Å²) in [6.07, 6.45) is 4.90. The summed E-state index contributed by atoms with van der Waals surface area (Å²) in [5, 5.41) is 14.4. The molecular weight excluding hydrogens is 417 g/mol. The molecule has 2 aliphatic rings. The molecule has 0 saturated heterocycles. The molecule has 2 heterocycles. The topological polar surface area (TPSA) is 80.3 Å². The van der Waals surface area contributed by atoms with E-state index in [0.29, 0.717) is 5.56 Å². The van der Waals surface area contributed by atoms with E-state index in [2.05, 4.69) is 23.7 Å². The largest absolute Gasteiger partial charge is 0.393 e. The third-order valence-electron chi connectivity index (χ3n) is 7.42. The number of nitrogens with zero attached hydrogens (tertiary/aromatic N) is 1. The van der Waals surface area contributed by atoms with Crippen molar-refractivity contribution in [3.05, 3.63) is 53.5 Å². The fourth-order valence-corrected chi connectivity index (χ4v) is 5.57. The SMILES string of the molecule is CC1(C)CCn2c(c(-c3ccc(C(N)=O)c(N[C@H]4CC[C@H](O)CC4)c3)c3ccc(F)cc32)C1. The normalized spacial score (nSPS) is 22.2. The number of carbonyl (C=O) groups excluding carboxylic acids is 1. The van der Waals surface area contributed by atoms with Gasteiger partial charge in [-0.3, -0.25) is 4.79 Å². The highest BCUT2D eigenvalue weighted by atomic mass is 19.1. The van der Waals surface area contributed by atoms with Crippen LogP contribution in [0.4, 0.5) is 10.1 Å². The quantitative estimate of drug-likeness (QED) is 0.510. The minimum atomic E-state index is -0.466. The van der Waals surface area contributed by atoms with Crippen molar-refractivity contribution >= 4 is 22.5 Å². The first-order chi connectivity index (χ1) is 15.7. The maximum absolute atomic E-state index is 14.2. The van der Waals surface area contributed by atoms with Crippen LogP contribution >= 0.6 is 0 Å². The van der Waals surface area contributed by atoms with Gasteiger partial charge in [0.2, 0.25) is 0 Å². The fraction of sp³-hybridized carbons (Fsp3) is 0.444. The molecule has 5 nitrogen and oxygen atoms in total. The number of rotatable bonds is 4. The van der Waals surface area contributed by atoms with Crippen molar-refractivity contribution in [3.8, 4) is 11.1 Å². The number of nitrogens with one attached hydrogen (secondary N) is 1. The summed E-state index contributed by atoms with van der Waals surface area (Å²) in [4.78, 5) is 12.2. The third kappa shape index (κ3) is 4.12. The Morgan fingerprint density at radius 3 is 2.64 bits per heavy atom. The second-order valence-corrected chi connectivity index (χ2v) is 10.5. The number of hydrogen-bond acceptors (Lipinski definition) is 3. The van der Waals surface area contributed by atoms with Gasteiger partial charge >= 0.3 is 0 Å². The van der Waals surface area contributed by atoms with Gasteiger partial charge in [0.05, 0.1) is 17.2 Å². The van der Waals surface area contributed by atoms with Crippen LogP contribution in [0.15, 0.2) is 36.4 Å². The van der Waals surface area contributed by atoms with Gasteiger partial charge in [-0.1, -0.05) is 19.9 Å². The first-order valence-corrected chi connectivity index (χ1v) is 11.9. The third-order valence-corrected chi connectivity index (χ3v) is 7.42. The van der Waals surface area contributed by atoms with Crippen molar-refractivity contribution in [1.82, 2.24) is 4.57 Å². The molecule has 5 rings (SSSR count). The lowest BCUT2D eigenvalue weighted by Crippen LogP contribution is -2.29. The number of benzene rings is 2. The van der Waals surface area contributed by atoms with E-state index in [1.54, 1.807) is 12.1 Å².